The Morgan fingerprint density at radius 1 is 1.11 bits per heavy atom. The normalized spacial score (nSPS) is 16.1. The molecule has 3 aromatic rings. The predicted octanol–water partition coefficient (Wildman–Crippen LogP) is 3.42. The zero-order chi connectivity index (χ0) is 19.2. The SMILES string of the molecule is O=C(CCc1nc2ccccc2s1)N[C@H](CN1CCOCC1)c1ccccc1. The van der Waals surface area contributed by atoms with Crippen molar-refractivity contribution in [2.24, 2.45) is 0 Å². The van der Waals surface area contributed by atoms with E-state index in [1.807, 2.05) is 36.4 Å². The molecule has 1 aromatic heterocycles. The minimum absolute atomic E-state index is 0.0119. The molecule has 6 heteroatoms. The number of nitrogens with zero attached hydrogens (tertiary/aromatic N) is 2. The maximum absolute atomic E-state index is 12.7. The summed E-state index contributed by atoms with van der Waals surface area (Å²) < 4.78 is 6.62. The van der Waals surface area contributed by atoms with Gasteiger partial charge in [-0.15, -0.1) is 11.3 Å². The van der Waals surface area contributed by atoms with Gasteiger partial charge in [0.2, 0.25) is 5.91 Å². The number of nitrogens with one attached hydrogen (secondary N) is 1. The van der Waals surface area contributed by atoms with Crippen LogP contribution in [-0.2, 0) is 16.0 Å². The number of carbonyl (C=O) groups is 1. The van der Waals surface area contributed by atoms with E-state index in [0.29, 0.717) is 12.8 Å². The van der Waals surface area contributed by atoms with Crippen molar-refractivity contribution in [1.29, 1.82) is 0 Å². The van der Waals surface area contributed by atoms with Crippen LogP contribution in [0, 0.1) is 0 Å². The van der Waals surface area contributed by atoms with E-state index in [2.05, 4.69) is 33.4 Å². The van der Waals surface area contributed by atoms with Crippen molar-refractivity contribution in [3.63, 3.8) is 0 Å². The van der Waals surface area contributed by atoms with Crippen LogP contribution in [0.3, 0.4) is 0 Å². The number of carbonyl (C=O) groups excluding carboxylic acids is 1. The van der Waals surface area contributed by atoms with Crippen LogP contribution in [0.2, 0.25) is 0 Å². The van der Waals surface area contributed by atoms with Gasteiger partial charge in [0, 0.05) is 32.5 Å². The zero-order valence-electron chi connectivity index (χ0n) is 15.8. The number of hydrogen-bond donors (Lipinski definition) is 1. The van der Waals surface area contributed by atoms with Gasteiger partial charge in [0.05, 0.1) is 34.5 Å². The Hall–Kier alpha value is -2.28. The third kappa shape index (κ3) is 4.95. The molecular weight excluding hydrogens is 370 g/mol. The third-order valence-corrected chi connectivity index (χ3v) is 6.08. The van der Waals surface area contributed by atoms with E-state index in [1.54, 1.807) is 11.3 Å². The van der Waals surface area contributed by atoms with Gasteiger partial charge >= 0.3 is 0 Å². The van der Waals surface area contributed by atoms with E-state index in [1.165, 1.54) is 4.70 Å². The number of thiazole rings is 1. The van der Waals surface area contributed by atoms with Gasteiger partial charge in [0.25, 0.3) is 0 Å². The van der Waals surface area contributed by atoms with Crippen molar-refractivity contribution in [3.8, 4) is 0 Å². The smallest absolute Gasteiger partial charge is 0.220 e. The first-order valence-electron chi connectivity index (χ1n) is 9.77. The summed E-state index contributed by atoms with van der Waals surface area (Å²) >= 11 is 1.67. The molecule has 5 nitrogen and oxygen atoms in total. The largest absolute Gasteiger partial charge is 0.379 e. The van der Waals surface area contributed by atoms with Crippen molar-refractivity contribution in [2.75, 3.05) is 32.8 Å². The molecule has 1 N–H and O–H groups in total. The summed E-state index contributed by atoms with van der Waals surface area (Å²) in [6, 6.07) is 18.3. The zero-order valence-corrected chi connectivity index (χ0v) is 16.7. The summed E-state index contributed by atoms with van der Waals surface area (Å²) in [5, 5.41) is 4.25. The molecule has 0 saturated carbocycles. The molecule has 0 radical (unpaired) electrons. The summed E-state index contributed by atoms with van der Waals surface area (Å²) in [4.78, 5) is 19.7. The fourth-order valence-electron chi connectivity index (χ4n) is 3.48. The number of benzene rings is 2. The lowest BCUT2D eigenvalue weighted by molar-refractivity contribution is -0.122. The molecule has 1 amide bonds. The summed E-state index contributed by atoms with van der Waals surface area (Å²) in [7, 11) is 0. The van der Waals surface area contributed by atoms with Crippen molar-refractivity contribution >= 4 is 27.5 Å². The standard InChI is InChI=1S/C22H25N3O2S/c26-21(10-11-22-24-18-8-4-5-9-20(18)28-22)23-19(17-6-2-1-3-7-17)16-25-12-14-27-15-13-25/h1-9,19H,10-16H2,(H,23,26)/t19-/m1/s1. The molecule has 2 heterocycles. The lowest BCUT2D eigenvalue weighted by Gasteiger charge is -2.31. The monoisotopic (exact) mass is 395 g/mol. The average Bonchev–Trinajstić information content (AvgIpc) is 3.16. The second kappa shape index (κ2) is 9.28. The van der Waals surface area contributed by atoms with Crippen LogP contribution in [0.1, 0.15) is 23.0 Å². The van der Waals surface area contributed by atoms with E-state index in [-0.39, 0.29) is 11.9 Å². The Kier molecular flexibility index (Phi) is 6.31. The van der Waals surface area contributed by atoms with E-state index in [0.717, 1.165) is 48.9 Å². The summed E-state index contributed by atoms with van der Waals surface area (Å²) in [6.45, 7) is 4.14. The van der Waals surface area contributed by atoms with Crippen molar-refractivity contribution in [2.45, 2.75) is 18.9 Å². The third-order valence-electron chi connectivity index (χ3n) is 4.99. The summed E-state index contributed by atoms with van der Waals surface area (Å²) in [5.74, 6) is 0.0707. The first kappa shape index (κ1) is 19.1. The molecule has 1 saturated heterocycles. The Labute approximate surface area is 169 Å². The number of aromatic nitrogens is 1. The van der Waals surface area contributed by atoms with Gasteiger partial charge in [-0.2, -0.15) is 0 Å². The molecule has 4 rings (SSSR count). The van der Waals surface area contributed by atoms with Crippen LogP contribution >= 0.6 is 11.3 Å². The number of ether oxygens (including phenoxy) is 1. The highest BCUT2D eigenvalue weighted by atomic mass is 32.1. The van der Waals surface area contributed by atoms with Crippen molar-refractivity contribution in [3.05, 3.63) is 65.2 Å². The second-order valence-corrected chi connectivity index (χ2v) is 8.13. The van der Waals surface area contributed by atoms with Gasteiger partial charge in [-0.3, -0.25) is 9.69 Å². The van der Waals surface area contributed by atoms with Crippen LogP contribution in [0.25, 0.3) is 10.2 Å². The van der Waals surface area contributed by atoms with Gasteiger partial charge in [-0.05, 0) is 17.7 Å². The topological polar surface area (TPSA) is 54.5 Å². The first-order chi connectivity index (χ1) is 13.8. The highest BCUT2D eigenvalue weighted by molar-refractivity contribution is 7.18. The van der Waals surface area contributed by atoms with Crippen LogP contribution < -0.4 is 5.32 Å². The number of amides is 1. The quantitative estimate of drug-likeness (QED) is 0.666. The maximum atomic E-state index is 12.7. The summed E-state index contributed by atoms with van der Waals surface area (Å²) in [6.07, 6.45) is 1.12. The molecule has 1 fully saturated rings. The highest BCUT2D eigenvalue weighted by Crippen LogP contribution is 2.22. The van der Waals surface area contributed by atoms with E-state index < -0.39 is 0 Å². The molecule has 0 unspecified atom stereocenters. The predicted molar refractivity (Wildman–Crippen MR) is 113 cm³/mol. The average molecular weight is 396 g/mol. The molecule has 28 heavy (non-hydrogen) atoms. The maximum Gasteiger partial charge on any atom is 0.220 e. The van der Waals surface area contributed by atoms with Crippen LogP contribution in [0.5, 0.6) is 0 Å². The van der Waals surface area contributed by atoms with Crippen molar-refractivity contribution < 1.29 is 9.53 Å². The number of aryl methyl sites for hydroxylation is 1. The van der Waals surface area contributed by atoms with E-state index >= 15 is 0 Å². The number of fused-ring (bicyclic) bond motifs is 1. The lowest BCUT2D eigenvalue weighted by Crippen LogP contribution is -2.43. The van der Waals surface area contributed by atoms with E-state index in [9.17, 15) is 4.79 Å². The molecule has 146 valence electrons. The van der Waals surface area contributed by atoms with Crippen LogP contribution in [-0.4, -0.2) is 48.6 Å². The molecule has 1 aliphatic heterocycles. The highest BCUT2D eigenvalue weighted by Gasteiger charge is 2.20. The Morgan fingerprint density at radius 3 is 2.64 bits per heavy atom. The minimum Gasteiger partial charge on any atom is -0.379 e. The van der Waals surface area contributed by atoms with E-state index in [4.69, 9.17) is 4.74 Å². The van der Waals surface area contributed by atoms with Gasteiger partial charge in [0.1, 0.15) is 0 Å². The van der Waals surface area contributed by atoms with Crippen LogP contribution in [0.4, 0.5) is 0 Å². The summed E-state index contributed by atoms with van der Waals surface area (Å²) in [5.41, 5.74) is 2.15. The fourth-order valence-corrected chi connectivity index (χ4v) is 4.44. The molecule has 1 aliphatic rings. The Bertz CT molecular complexity index is 873. The van der Waals surface area contributed by atoms with Gasteiger partial charge in [-0.1, -0.05) is 42.5 Å². The van der Waals surface area contributed by atoms with Gasteiger partial charge < -0.3 is 10.1 Å². The molecule has 0 spiro atoms. The minimum atomic E-state index is -0.0119. The molecule has 0 aliphatic carbocycles. The molecule has 2 aromatic carbocycles. The number of hydrogen-bond acceptors (Lipinski definition) is 5. The Morgan fingerprint density at radius 2 is 1.86 bits per heavy atom. The number of morpholine rings is 1. The lowest BCUT2D eigenvalue weighted by atomic mass is 10.1. The molecule has 0 bridgehead atoms. The van der Waals surface area contributed by atoms with Crippen molar-refractivity contribution in [1.82, 2.24) is 15.2 Å². The Balaban J connectivity index is 1.38. The van der Waals surface area contributed by atoms with Gasteiger partial charge in [-0.25, -0.2) is 4.98 Å². The van der Waals surface area contributed by atoms with Crippen LogP contribution in [0.15, 0.2) is 54.6 Å². The molecule has 1 atom stereocenters. The first-order valence-corrected chi connectivity index (χ1v) is 10.6. The van der Waals surface area contributed by atoms with Gasteiger partial charge in [0.15, 0.2) is 0 Å². The number of para-hydroxylation sites is 1. The second-order valence-electron chi connectivity index (χ2n) is 7.02. The number of rotatable bonds is 7. The molecular formula is C22H25N3O2S. The fraction of sp³-hybridized carbons (Fsp3) is 0.364.